The first-order valence-corrected chi connectivity index (χ1v) is 7.73. The molecular weight excluding hydrogens is 286 g/mol. The van der Waals surface area contributed by atoms with Crippen molar-refractivity contribution in [1.29, 1.82) is 0 Å². The monoisotopic (exact) mass is 297 g/mol. The molecule has 0 unspecified atom stereocenters. The van der Waals surface area contributed by atoms with E-state index in [0.717, 1.165) is 31.3 Å². The van der Waals surface area contributed by atoms with Crippen molar-refractivity contribution in [2.45, 2.75) is 20.3 Å². The third kappa shape index (κ3) is 2.30. The number of hydrogen-bond acceptors (Lipinski definition) is 4. The van der Waals surface area contributed by atoms with Crippen LogP contribution in [0.5, 0.6) is 0 Å². The Kier molecular flexibility index (Phi) is 3.13. The first-order valence-electron chi connectivity index (χ1n) is 5.72. The summed E-state index contributed by atoms with van der Waals surface area (Å²) < 4.78 is 2.65. The summed E-state index contributed by atoms with van der Waals surface area (Å²) in [6, 6.07) is 3.89. The molecule has 18 heavy (non-hydrogen) atoms. The number of thiophene rings is 1. The minimum atomic E-state index is 0.622. The molecule has 3 aromatic heterocycles. The SMILES string of the molecule is CC(C)Cc1nn2cc(-c3ccc(Cl)s3)nc2s1. The maximum absolute atomic E-state index is 5.94. The van der Waals surface area contributed by atoms with Crippen molar-refractivity contribution >= 4 is 39.2 Å². The van der Waals surface area contributed by atoms with E-state index in [1.165, 1.54) is 0 Å². The maximum Gasteiger partial charge on any atom is 0.212 e. The van der Waals surface area contributed by atoms with Crippen LogP contribution in [-0.2, 0) is 6.42 Å². The number of rotatable bonds is 3. The second-order valence-corrected chi connectivity index (χ2v) is 7.31. The van der Waals surface area contributed by atoms with Gasteiger partial charge in [-0.1, -0.05) is 36.8 Å². The molecule has 0 aliphatic rings. The van der Waals surface area contributed by atoms with E-state index in [1.54, 1.807) is 22.7 Å². The van der Waals surface area contributed by atoms with E-state index < -0.39 is 0 Å². The molecule has 0 saturated heterocycles. The summed E-state index contributed by atoms with van der Waals surface area (Å²) in [7, 11) is 0. The molecule has 0 saturated carbocycles. The third-order valence-electron chi connectivity index (χ3n) is 2.49. The zero-order valence-electron chi connectivity index (χ0n) is 10.1. The summed E-state index contributed by atoms with van der Waals surface area (Å²) in [4.78, 5) is 6.63. The highest BCUT2D eigenvalue weighted by atomic mass is 35.5. The van der Waals surface area contributed by atoms with Crippen LogP contribution in [0.4, 0.5) is 0 Å². The lowest BCUT2D eigenvalue weighted by Crippen LogP contribution is -1.94. The third-order valence-corrected chi connectivity index (χ3v) is 4.69. The van der Waals surface area contributed by atoms with Crippen LogP contribution in [0.2, 0.25) is 4.34 Å². The molecule has 94 valence electrons. The van der Waals surface area contributed by atoms with E-state index in [0.29, 0.717) is 5.92 Å². The molecular formula is C12H12ClN3S2. The summed E-state index contributed by atoms with van der Waals surface area (Å²) >= 11 is 9.14. The summed E-state index contributed by atoms with van der Waals surface area (Å²) in [5.74, 6) is 0.622. The smallest absolute Gasteiger partial charge is 0.212 e. The Bertz CT molecular complexity index is 649. The largest absolute Gasteiger partial charge is 0.217 e. The van der Waals surface area contributed by atoms with Crippen molar-refractivity contribution in [3.05, 3.63) is 27.7 Å². The van der Waals surface area contributed by atoms with E-state index in [-0.39, 0.29) is 0 Å². The fourth-order valence-electron chi connectivity index (χ4n) is 1.74. The lowest BCUT2D eigenvalue weighted by atomic mass is 10.1. The van der Waals surface area contributed by atoms with E-state index in [4.69, 9.17) is 11.6 Å². The van der Waals surface area contributed by atoms with Crippen LogP contribution in [0, 0.1) is 5.92 Å². The van der Waals surface area contributed by atoms with Crippen molar-refractivity contribution < 1.29 is 0 Å². The molecule has 0 radical (unpaired) electrons. The second kappa shape index (κ2) is 4.64. The number of nitrogens with zero attached hydrogens (tertiary/aromatic N) is 3. The molecule has 3 aromatic rings. The van der Waals surface area contributed by atoms with Crippen LogP contribution in [0.3, 0.4) is 0 Å². The molecule has 0 aliphatic heterocycles. The Balaban J connectivity index is 1.95. The maximum atomic E-state index is 5.94. The van der Waals surface area contributed by atoms with Gasteiger partial charge >= 0.3 is 0 Å². The predicted octanol–water partition coefficient (Wildman–Crippen LogP) is 4.37. The van der Waals surface area contributed by atoms with Gasteiger partial charge in [0.15, 0.2) is 0 Å². The van der Waals surface area contributed by atoms with Gasteiger partial charge in [-0.2, -0.15) is 5.10 Å². The van der Waals surface area contributed by atoms with Gasteiger partial charge in [-0.25, -0.2) is 9.50 Å². The number of fused-ring (bicyclic) bond motifs is 1. The van der Waals surface area contributed by atoms with Crippen molar-refractivity contribution in [2.24, 2.45) is 5.92 Å². The average Bonchev–Trinajstić information content (AvgIpc) is 2.90. The highest BCUT2D eigenvalue weighted by Gasteiger charge is 2.11. The fraction of sp³-hybridized carbons (Fsp3) is 0.333. The Morgan fingerprint density at radius 1 is 1.33 bits per heavy atom. The van der Waals surface area contributed by atoms with E-state index >= 15 is 0 Å². The molecule has 0 spiro atoms. The summed E-state index contributed by atoms with van der Waals surface area (Å²) in [5.41, 5.74) is 0.946. The number of imidazole rings is 1. The van der Waals surface area contributed by atoms with Crippen LogP contribution in [0.1, 0.15) is 18.9 Å². The molecule has 0 bridgehead atoms. The zero-order chi connectivity index (χ0) is 12.7. The van der Waals surface area contributed by atoms with Gasteiger partial charge in [0.05, 0.1) is 15.4 Å². The Hall–Kier alpha value is -0.910. The summed E-state index contributed by atoms with van der Waals surface area (Å²) in [5, 5.41) is 5.69. The molecule has 0 aliphatic carbocycles. The Labute approximate surface area is 118 Å². The lowest BCUT2D eigenvalue weighted by Gasteiger charge is -1.97. The van der Waals surface area contributed by atoms with Crippen LogP contribution < -0.4 is 0 Å². The predicted molar refractivity (Wildman–Crippen MR) is 77.7 cm³/mol. The highest BCUT2D eigenvalue weighted by molar-refractivity contribution is 7.19. The second-order valence-electron chi connectivity index (χ2n) is 4.55. The number of halogens is 1. The highest BCUT2D eigenvalue weighted by Crippen LogP contribution is 2.31. The van der Waals surface area contributed by atoms with Gasteiger partial charge in [-0.15, -0.1) is 11.3 Å². The Morgan fingerprint density at radius 3 is 2.78 bits per heavy atom. The molecule has 0 aromatic carbocycles. The first-order chi connectivity index (χ1) is 8.61. The van der Waals surface area contributed by atoms with Gasteiger partial charge in [0.1, 0.15) is 10.7 Å². The van der Waals surface area contributed by atoms with Crippen molar-refractivity contribution in [2.75, 3.05) is 0 Å². The fourth-order valence-corrected chi connectivity index (χ4v) is 3.83. The van der Waals surface area contributed by atoms with Gasteiger partial charge < -0.3 is 0 Å². The van der Waals surface area contributed by atoms with Gasteiger partial charge in [-0.3, -0.25) is 0 Å². The molecule has 0 amide bonds. The molecule has 6 heteroatoms. The first kappa shape index (κ1) is 12.1. The molecule has 0 N–H and O–H groups in total. The number of hydrogen-bond donors (Lipinski definition) is 0. The quantitative estimate of drug-likeness (QED) is 0.718. The van der Waals surface area contributed by atoms with Gasteiger partial charge in [-0.05, 0) is 18.1 Å². The van der Waals surface area contributed by atoms with Crippen LogP contribution in [0.15, 0.2) is 18.3 Å². The summed E-state index contributed by atoms with van der Waals surface area (Å²) in [6.07, 6.45) is 2.98. The molecule has 3 nitrogen and oxygen atoms in total. The van der Waals surface area contributed by atoms with Crippen LogP contribution in [-0.4, -0.2) is 14.6 Å². The normalized spacial score (nSPS) is 11.8. The van der Waals surface area contributed by atoms with Crippen LogP contribution >= 0.6 is 34.3 Å². The lowest BCUT2D eigenvalue weighted by molar-refractivity contribution is 0.637. The van der Waals surface area contributed by atoms with Gasteiger partial charge in [0.25, 0.3) is 0 Å². The van der Waals surface area contributed by atoms with Crippen molar-refractivity contribution in [3.63, 3.8) is 0 Å². The standard InChI is InChI=1S/C12H12ClN3S2/c1-7(2)5-11-15-16-6-8(14-12(16)18-11)9-3-4-10(13)17-9/h3-4,6-7H,5H2,1-2H3. The van der Waals surface area contributed by atoms with E-state index in [1.807, 2.05) is 22.8 Å². The minimum Gasteiger partial charge on any atom is -0.217 e. The molecule has 3 heterocycles. The van der Waals surface area contributed by atoms with Crippen molar-refractivity contribution in [3.8, 4) is 10.6 Å². The molecule has 0 atom stereocenters. The minimum absolute atomic E-state index is 0.622. The van der Waals surface area contributed by atoms with Crippen molar-refractivity contribution in [1.82, 2.24) is 14.6 Å². The van der Waals surface area contributed by atoms with E-state index in [9.17, 15) is 0 Å². The van der Waals surface area contributed by atoms with Crippen LogP contribution in [0.25, 0.3) is 15.5 Å². The van der Waals surface area contributed by atoms with Gasteiger partial charge in [0, 0.05) is 6.42 Å². The average molecular weight is 298 g/mol. The zero-order valence-corrected chi connectivity index (χ0v) is 12.4. The number of aromatic nitrogens is 3. The van der Waals surface area contributed by atoms with Gasteiger partial charge in [0.2, 0.25) is 4.96 Å². The summed E-state index contributed by atoms with van der Waals surface area (Å²) in [6.45, 7) is 4.40. The molecule has 0 fully saturated rings. The Morgan fingerprint density at radius 2 is 2.17 bits per heavy atom. The van der Waals surface area contributed by atoms with E-state index in [2.05, 4.69) is 23.9 Å². The molecule has 3 rings (SSSR count). The topological polar surface area (TPSA) is 30.2 Å².